The molecule has 1 aliphatic rings. The van der Waals surface area contributed by atoms with Gasteiger partial charge in [-0.15, -0.1) is 0 Å². The van der Waals surface area contributed by atoms with Crippen LogP contribution in [-0.2, 0) is 4.79 Å². The molecule has 1 aromatic heterocycles. The van der Waals surface area contributed by atoms with E-state index in [1.54, 1.807) is 11.1 Å². The highest BCUT2D eigenvalue weighted by Crippen LogP contribution is 2.19. The van der Waals surface area contributed by atoms with E-state index in [4.69, 9.17) is 0 Å². The van der Waals surface area contributed by atoms with Crippen molar-refractivity contribution in [3.05, 3.63) is 78.0 Å². The van der Waals surface area contributed by atoms with E-state index in [1.807, 2.05) is 42.5 Å². The largest absolute Gasteiger partial charge is 0.360 e. The molecule has 0 aliphatic carbocycles. The Balaban J connectivity index is 1.32. The smallest absolute Gasteiger partial charge is 0.295 e. The minimum Gasteiger partial charge on any atom is -0.360 e. The highest BCUT2D eigenvalue weighted by atomic mass is 16.2. The van der Waals surface area contributed by atoms with Gasteiger partial charge in [0.25, 0.3) is 11.7 Å². The number of ketones is 1. The lowest BCUT2D eigenvalue weighted by atomic mass is 10.1. The number of hydrogen-bond acceptors (Lipinski definition) is 3. The monoisotopic (exact) mass is 373 g/mol. The summed E-state index contributed by atoms with van der Waals surface area (Å²) >= 11 is 0. The van der Waals surface area contributed by atoms with Crippen LogP contribution in [0.1, 0.15) is 15.9 Å². The summed E-state index contributed by atoms with van der Waals surface area (Å²) in [5.74, 6) is -0.848. The van der Waals surface area contributed by atoms with E-state index in [-0.39, 0.29) is 0 Å². The van der Waals surface area contributed by atoms with Gasteiger partial charge in [-0.05, 0) is 11.6 Å². The molecule has 1 saturated heterocycles. The van der Waals surface area contributed by atoms with Crippen molar-refractivity contribution in [2.45, 2.75) is 0 Å². The number of aromatic amines is 1. The Bertz CT molecular complexity index is 999. The second-order valence-electron chi connectivity index (χ2n) is 6.98. The molecule has 3 aromatic rings. The van der Waals surface area contributed by atoms with Gasteiger partial charge in [0.15, 0.2) is 0 Å². The summed E-state index contributed by atoms with van der Waals surface area (Å²) in [5, 5.41) is 0.797. The Morgan fingerprint density at radius 3 is 2.43 bits per heavy atom. The van der Waals surface area contributed by atoms with Crippen molar-refractivity contribution in [2.75, 3.05) is 32.7 Å². The van der Waals surface area contributed by atoms with Crippen LogP contribution in [-0.4, -0.2) is 59.2 Å². The first-order valence-corrected chi connectivity index (χ1v) is 9.56. The van der Waals surface area contributed by atoms with Crippen LogP contribution < -0.4 is 0 Å². The molecule has 5 heteroatoms. The van der Waals surface area contributed by atoms with Crippen LogP contribution in [0.4, 0.5) is 0 Å². The summed E-state index contributed by atoms with van der Waals surface area (Å²) in [5.41, 5.74) is 2.50. The fourth-order valence-electron chi connectivity index (χ4n) is 3.55. The summed E-state index contributed by atoms with van der Waals surface area (Å²) in [6, 6.07) is 17.7. The topological polar surface area (TPSA) is 56.4 Å². The second-order valence-corrected chi connectivity index (χ2v) is 6.98. The third-order valence-corrected chi connectivity index (χ3v) is 5.16. The summed E-state index contributed by atoms with van der Waals surface area (Å²) in [4.78, 5) is 32.4. The van der Waals surface area contributed by atoms with E-state index in [0.29, 0.717) is 18.7 Å². The predicted molar refractivity (Wildman–Crippen MR) is 111 cm³/mol. The average molecular weight is 373 g/mol. The maximum atomic E-state index is 12.7. The second kappa shape index (κ2) is 8.23. The number of amides is 1. The third kappa shape index (κ3) is 3.89. The van der Waals surface area contributed by atoms with Gasteiger partial charge in [0.05, 0.1) is 5.56 Å². The Hall–Kier alpha value is -3.18. The average Bonchev–Trinajstić information content (AvgIpc) is 3.18. The van der Waals surface area contributed by atoms with Crippen molar-refractivity contribution in [1.29, 1.82) is 0 Å². The van der Waals surface area contributed by atoms with Crippen molar-refractivity contribution < 1.29 is 9.59 Å². The van der Waals surface area contributed by atoms with Crippen LogP contribution in [0.2, 0.25) is 0 Å². The molecule has 2 heterocycles. The molecule has 1 amide bonds. The normalized spacial score (nSPS) is 15.4. The van der Waals surface area contributed by atoms with Crippen LogP contribution in [0.25, 0.3) is 17.0 Å². The molecule has 28 heavy (non-hydrogen) atoms. The van der Waals surface area contributed by atoms with Crippen molar-refractivity contribution in [3.8, 4) is 0 Å². The molecule has 0 spiro atoms. The van der Waals surface area contributed by atoms with Crippen molar-refractivity contribution >= 4 is 28.7 Å². The molecule has 142 valence electrons. The molecule has 4 rings (SSSR count). The van der Waals surface area contributed by atoms with Gasteiger partial charge in [-0.3, -0.25) is 14.5 Å². The minimum absolute atomic E-state index is 0.413. The summed E-state index contributed by atoms with van der Waals surface area (Å²) in [6.07, 6.45) is 5.89. The molecular formula is C23H23N3O2. The van der Waals surface area contributed by atoms with E-state index in [2.05, 4.69) is 34.2 Å². The van der Waals surface area contributed by atoms with Crippen LogP contribution in [0.5, 0.6) is 0 Å². The van der Waals surface area contributed by atoms with E-state index < -0.39 is 11.7 Å². The van der Waals surface area contributed by atoms with Crippen molar-refractivity contribution in [1.82, 2.24) is 14.8 Å². The molecule has 1 N–H and O–H groups in total. The molecule has 0 radical (unpaired) electrons. The summed E-state index contributed by atoms with van der Waals surface area (Å²) in [6.45, 7) is 3.53. The molecule has 0 saturated carbocycles. The predicted octanol–water partition coefficient (Wildman–Crippen LogP) is 3.21. The lowest BCUT2D eigenvalue weighted by Gasteiger charge is -2.33. The summed E-state index contributed by atoms with van der Waals surface area (Å²) < 4.78 is 0. The number of para-hydroxylation sites is 1. The van der Waals surface area contributed by atoms with Crippen molar-refractivity contribution in [2.24, 2.45) is 0 Å². The zero-order valence-electron chi connectivity index (χ0n) is 15.7. The Morgan fingerprint density at radius 2 is 1.64 bits per heavy atom. The number of piperazine rings is 1. The van der Waals surface area contributed by atoms with E-state index in [9.17, 15) is 9.59 Å². The van der Waals surface area contributed by atoms with Gasteiger partial charge < -0.3 is 9.88 Å². The molecule has 1 fully saturated rings. The van der Waals surface area contributed by atoms with Gasteiger partial charge in [0.2, 0.25) is 0 Å². The standard InChI is InChI=1S/C23H23N3O2/c27-22(20-17-24-21-11-5-4-10-19(20)21)23(28)26-15-13-25(14-16-26)12-6-9-18-7-2-1-3-8-18/h1-11,17,24H,12-16H2/b9-6+. The molecule has 0 bridgehead atoms. The first kappa shape index (κ1) is 18.2. The number of Topliss-reactive ketones (excluding diaryl/α,β-unsaturated/α-hetero) is 1. The van der Waals surface area contributed by atoms with Crippen LogP contribution in [0.15, 0.2) is 66.9 Å². The fraction of sp³-hybridized carbons (Fsp3) is 0.217. The fourth-order valence-corrected chi connectivity index (χ4v) is 3.55. The van der Waals surface area contributed by atoms with Crippen LogP contribution >= 0.6 is 0 Å². The lowest BCUT2D eigenvalue weighted by molar-refractivity contribution is -0.128. The maximum Gasteiger partial charge on any atom is 0.295 e. The molecule has 0 atom stereocenters. The molecule has 2 aromatic carbocycles. The summed E-state index contributed by atoms with van der Waals surface area (Å²) in [7, 11) is 0. The van der Waals surface area contributed by atoms with Gasteiger partial charge in [-0.25, -0.2) is 0 Å². The molecular weight excluding hydrogens is 350 g/mol. The quantitative estimate of drug-likeness (QED) is 0.552. The number of nitrogens with zero attached hydrogens (tertiary/aromatic N) is 2. The Kier molecular flexibility index (Phi) is 5.35. The van der Waals surface area contributed by atoms with E-state index in [1.165, 1.54) is 5.56 Å². The van der Waals surface area contributed by atoms with Gasteiger partial charge >= 0.3 is 0 Å². The number of fused-ring (bicyclic) bond motifs is 1. The number of nitrogens with one attached hydrogen (secondary N) is 1. The number of benzene rings is 2. The maximum absolute atomic E-state index is 12.7. The van der Waals surface area contributed by atoms with Crippen LogP contribution in [0.3, 0.4) is 0 Å². The minimum atomic E-state index is -0.435. The first-order valence-electron chi connectivity index (χ1n) is 9.56. The van der Waals surface area contributed by atoms with Gasteiger partial charge in [-0.2, -0.15) is 0 Å². The highest BCUT2D eigenvalue weighted by Gasteiger charge is 2.27. The first-order chi connectivity index (χ1) is 13.7. The van der Waals surface area contributed by atoms with Gasteiger partial charge in [0, 0.05) is 49.8 Å². The zero-order chi connectivity index (χ0) is 19.3. The number of carbonyl (C=O) groups excluding carboxylic acids is 2. The number of carbonyl (C=O) groups is 2. The zero-order valence-corrected chi connectivity index (χ0v) is 15.7. The SMILES string of the molecule is O=C(C(=O)N1CCN(C/C=C/c2ccccc2)CC1)c1c[nH]c2ccccc12. The van der Waals surface area contributed by atoms with E-state index in [0.717, 1.165) is 30.5 Å². The number of hydrogen-bond donors (Lipinski definition) is 1. The molecule has 1 aliphatic heterocycles. The van der Waals surface area contributed by atoms with Gasteiger partial charge in [-0.1, -0.05) is 60.7 Å². The number of aromatic nitrogens is 1. The number of H-pyrrole nitrogens is 1. The Morgan fingerprint density at radius 1 is 0.929 bits per heavy atom. The van der Waals surface area contributed by atoms with Crippen molar-refractivity contribution in [3.63, 3.8) is 0 Å². The van der Waals surface area contributed by atoms with E-state index >= 15 is 0 Å². The molecule has 0 unspecified atom stereocenters. The molecule has 5 nitrogen and oxygen atoms in total. The van der Waals surface area contributed by atoms with Crippen LogP contribution in [0, 0.1) is 0 Å². The number of rotatable bonds is 5. The third-order valence-electron chi connectivity index (χ3n) is 5.16. The Labute approximate surface area is 164 Å². The van der Waals surface area contributed by atoms with Gasteiger partial charge in [0.1, 0.15) is 0 Å². The highest BCUT2D eigenvalue weighted by molar-refractivity contribution is 6.44. The lowest BCUT2D eigenvalue weighted by Crippen LogP contribution is -2.50.